The van der Waals surface area contributed by atoms with Gasteiger partial charge in [0.2, 0.25) is 0 Å². The Kier molecular flexibility index (Phi) is 4.84. The third kappa shape index (κ3) is 3.61. The molecule has 0 spiro atoms. The minimum absolute atomic E-state index is 0.667. The van der Waals surface area contributed by atoms with Gasteiger partial charge in [-0.05, 0) is 28.3 Å². The number of hydrogen-bond donors (Lipinski definition) is 0. The Morgan fingerprint density at radius 2 is 0.967 bits per heavy atom. The van der Waals surface area contributed by atoms with E-state index in [1.807, 2.05) is 60.7 Å². The maximum atomic E-state index is 4.81. The SMILES string of the molecule is c1ccc(-c2cccc(-c3ncnc(-c4ccccc4-c4ccccc4)n3)c2)cc1. The third-order valence-electron chi connectivity index (χ3n) is 5.05. The average molecular weight is 385 g/mol. The lowest BCUT2D eigenvalue weighted by Crippen LogP contribution is -1.96. The van der Waals surface area contributed by atoms with E-state index >= 15 is 0 Å². The van der Waals surface area contributed by atoms with Crippen LogP contribution in [0.2, 0.25) is 0 Å². The Morgan fingerprint density at radius 1 is 0.400 bits per heavy atom. The molecule has 1 heterocycles. The van der Waals surface area contributed by atoms with E-state index in [2.05, 4.69) is 58.5 Å². The van der Waals surface area contributed by atoms with Crippen molar-refractivity contribution in [3.05, 3.63) is 116 Å². The first kappa shape index (κ1) is 18.0. The predicted molar refractivity (Wildman–Crippen MR) is 122 cm³/mol. The molecule has 142 valence electrons. The first-order valence-electron chi connectivity index (χ1n) is 9.88. The Balaban J connectivity index is 1.57. The Labute approximate surface area is 175 Å². The summed E-state index contributed by atoms with van der Waals surface area (Å²) in [4.78, 5) is 13.7. The van der Waals surface area contributed by atoms with Crippen LogP contribution in [0, 0.1) is 0 Å². The van der Waals surface area contributed by atoms with Gasteiger partial charge in [-0.1, -0.05) is 103 Å². The van der Waals surface area contributed by atoms with Crippen molar-refractivity contribution in [1.82, 2.24) is 15.0 Å². The normalized spacial score (nSPS) is 10.7. The van der Waals surface area contributed by atoms with Gasteiger partial charge in [0.05, 0.1) is 0 Å². The maximum Gasteiger partial charge on any atom is 0.163 e. The summed E-state index contributed by atoms with van der Waals surface area (Å²) in [6.45, 7) is 0. The fourth-order valence-electron chi connectivity index (χ4n) is 3.58. The minimum Gasteiger partial charge on any atom is -0.217 e. The maximum absolute atomic E-state index is 4.81. The molecule has 3 heteroatoms. The molecule has 1 aromatic heterocycles. The molecule has 4 aromatic carbocycles. The zero-order valence-electron chi connectivity index (χ0n) is 16.3. The molecule has 3 nitrogen and oxygen atoms in total. The van der Waals surface area contributed by atoms with Crippen LogP contribution in [0.15, 0.2) is 116 Å². The van der Waals surface area contributed by atoms with Crippen LogP contribution >= 0.6 is 0 Å². The van der Waals surface area contributed by atoms with Crippen molar-refractivity contribution in [2.75, 3.05) is 0 Å². The van der Waals surface area contributed by atoms with Crippen molar-refractivity contribution in [1.29, 1.82) is 0 Å². The van der Waals surface area contributed by atoms with Gasteiger partial charge in [0.25, 0.3) is 0 Å². The largest absolute Gasteiger partial charge is 0.217 e. The van der Waals surface area contributed by atoms with Crippen LogP contribution in [0.3, 0.4) is 0 Å². The highest BCUT2D eigenvalue weighted by Gasteiger charge is 2.11. The molecule has 0 saturated carbocycles. The van der Waals surface area contributed by atoms with Crippen LogP contribution in [0.5, 0.6) is 0 Å². The molecule has 5 aromatic rings. The Morgan fingerprint density at radius 3 is 1.73 bits per heavy atom. The standard InChI is InChI=1S/C27H19N3/c1-3-10-20(11-4-1)22-14-9-15-23(18-22)26-28-19-29-27(30-26)25-17-8-7-16-24(25)21-12-5-2-6-13-21/h1-19H. The summed E-state index contributed by atoms with van der Waals surface area (Å²) in [5.41, 5.74) is 6.51. The van der Waals surface area contributed by atoms with Crippen molar-refractivity contribution in [2.24, 2.45) is 0 Å². The van der Waals surface area contributed by atoms with E-state index in [4.69, 9.17) is 4.98 Å². The summed E-state index contributed by atoms with van der Waals surface area (Å²) in [5.74, 6) is 1.34. The first-order valence-corrected chi connectivity index (χ1v) is 9.88. The second-order valence-corrected chi connectivity index (χ2v) is 6.99. The van der Waals surface area contributed by atoms with Crippen molar-refractivity contribution >= 4 is 0 Å². The third-order valence-corrected chi connectivity index (χ3v) is 5.05. The van der Waals surface area contributed by atoms with Crippen molar-refractivity contribution < 1.29 is 0 Å². The van der Waals surface area contributed by atoms with Crippen LogP contribution in [0.25, 0.3) is 45.0 Å². The molecule has 0 atom stereocenters. The van der Waals surface area contributed by atoms with Crippen LogP contribution in [0.4, 0.5) is 0 Å². The zero-order valence-corrected chi connectivity index (χ0v) is 16.3. The smallest absolute Gasteiger partial charge is 0.163 e. The lowest BCUT2D eigenvalue weighted by Gasteiger charge is -2.10. The number of rotatable bonds is 4. The first-order chi connectivity index (χ1) is 14.9. The average Bonchev–Trinajstić information content (AvgIpc) is 2.85. The fraction of sp³-hybridized carbons (Fsp3) is 0. The van der Waals surface area contributed by atoms with Gasteiger partial charge in [-0.3, -0.25) is 0 Å². The van der Waals surface area contributed by atoms with E-state index in [1.54, 1.807) is 6.33 Å². The van der Waals surface area contributed by atoms with Crippen LogP contribution in [0.1, 0.15) is 0 Å². The second-order valence-electron chi connectivity index (χ2n) is 6.99. The number of aromatic nitrogens is 3. The highest BCUT2D eigenvalue weighted by molar-refractivity contribution is 5.81. The van der Waals surface area contributed by atoms with Gasteiger partial charge in [0.1, 0.15) is 6.33 Å². The summed E-state index contributed by atoms with van der Waals surface area (Å²) in [7, 11) is 0. The molecule has 0 saturated heterocycles. The monoisotopic (exact) mass is 385 g/mol. The minimum atomic E-state index is 0.667. The molecule has 0 unspecified atom stereocenters. The van der Waals surface area contributed by atoms with E-state index < -0.39 is 0 Å². The quantitative estimate of drug-likeness (QED) is 0.352. The summed E-state index contributed by atoms with van der Waals surface area (Å²) in [6.07, 6.45) is 1.59. The molecule has 0 aliphatic carbocycles. The Bertz CT molecular complexity index is 1280. The number of benzene rings is 4. The topological polar surface area (TPSA) is 38.7 Å². The van der Waals surface area contributed by atoms with Gasteiger partial charge >= 0.3 is 0 Å². The van der Waals surface area contributed by atoms with E-state index in [1.165, 1.54) is 5.56 Å². The van der Waals surface area contributed by atoms with Crippen molar-refractivity contribution in [3.8, 4) is 45.0 Å². The van der Waals surface area contributed by atoms with Gasteiger partial charge in [-0.15, -0.1) is 0 Å². The van der Waals surface area contributed by atoms with Gasteiger partial charge in [0, 0.05) is 11.1 Å². The lowest BCUT2D eigenvalue weighted by molar-refractivity contribution is 1.07. The van der Waals surface area contributed by atoms with Crippen LogP contribution < -0.4 is 0 Å². The highest BCUT2D eigenvalue weighted by Crippen LogP contribution is 2.31. The summed E-state index contributed by atoms with van der Waals surface area (Å²) in [6, 6.07) is 37.1. The molecule has 30 heavy (non-hydrogen) atoms. The molecule has 0 aliphatic heterocycles. The predicted octanol–water partition coefficient (Wildman–Crippen LogP) is 6.54. The molecule has 0 bridgehead atoms. The highest BCUT2D eigenvalue weighted by atomic mass is 15.0. The van der Waals surface area contributed by atoms with Gasteiger partial charge in [0.15, 0.2) is 11.6 Å². The fourth-order valence-corrected chi connectivity index (χ4v) is 3.58. The van der Waals surface area contributed by atoms with E-state index in [9.17, 15) is 0 Å². The van der Waals surface area contributed by atoms with Crippen molar-refractivity contribution in [2.45, 2.75) is 0 Å². The molecular formula is C27H19N3. The summed E-state index contributed by atoms with van der Waals surface area (Å²) >= 11 is 0. The van der Waals surface area contributed by atoms with E-state index in [0.717, 1.165) is 27.8 Å². The lowest BCUT2D eigenvalue weighted by atomic mass is 9.99. The number of hydrogen-bond acceptors (Lipinski definition) is 3. The van der Waals surface area contributed by atoms with E-state index in [-0.39, 0.29) is 0 Å². The zero-order chi connectivity index (χ0) is 20.2. The van der Waals surface area contributed by atoms with Gasteiger partial charge in [-0.25, -0.2) is 15.0 Å². The molecule has 0 fully saturated rings. The molecule has 0 N–H and O–H groups in total. The number of nitrogens with zero attached hydrogens (tertiary/aromatic N) is 3. The summed E-state index contributed by atoms with van der Waals surface area (Å²) in [5, 5.41) is 0. The molecule has 0 aliphatic rings. The molecule has 0 amide bonds. The van der Waals surface area contributed by atoms with Crippen molar-refractivity contribution in [3.63, 3.8) is 0 Å². The van der Waals surface area contributed by atoms with E-state index in [0.29, 0.717) is 11.6 Å². The molecule has 5 rings (SSSR count). The van der Waals surface area contributed by atoms with Crippen LogP contribution in [-0.2, 0) is 0 Å². The molecular weight excluding hydrogens is 366 g/mol. The van der Waals surface area contributed by atoms with Crippen LogP contribution in [-0.4, -0.2) is 15.0 Å². The van der Waals surface area contributed by atoms with Gasteiger partial charge in [-0.2, -0.15) is 0 Å². The summed E-state index contributed by atoms with van der Waals surface area (Å²) < 4.78 is 0. The van der Waals surface area contributed by atoms with Gasteiger partial charge < -0.3 is 0 Å². The Hall–Kier alpha value is -4.11. The molecule has 0 radical (unpaired) electrons. The second kappa shape index (κ2) is 8.10.